The number of Topliss-reactive ketones (excluding diaryl/α,β-unsaturated/α-hetero) is 1. The molecule has 2 heterocycles. The van der Waals surface area contributed by atoms with Crippen LogP contribution in [0.1, 0.15) is 10.4 Å². The van der Waals surface area contributed by atoms with Crippen LogP contribution in [0.2, 0.25) is 0 Å². The standard InChI is InChI=1S/C15H12N4O2S/c16-13-8-11(6-7-17-13)14-18-19-15(21-14)22-9-12(20)10-4-2-1-3-5-10/h1-8H,9H2,(H2,16,17). The number of hydrogen-bond donors (Lipinski definition) is 1. The normalized spacial score (nSPS) is 10.5. The van der Waals surface area contributed by atoms with Gasteiger partial charge in [-0.3, -0.25) is 4.79 Å². The lowest BCUT2D eigenvalue weighted by Crippen LogP contribution is -2.01. The first-order valence-electron chi connectivity index (χ1n) is 6.49. The van der Waals surface area contributed by atoms with Gasteiger partial charge in [-0.2, -0.15) is 0 Å². The summed E-state index contributed by atoms with van der Waals surface area (Å²) in [6.07, 6.45) is 1.57. The number of rotatable bonds is 5. The lowest BCUT2D eigenvalue weighted by atomic mass is 10.2. The Morgan fingerprint density at radius 1 is 1.18 bits per heavy atom. The van der Waals surface area contributed by atoms with Crippen molar-refractivity contribution in [2.75, 3.05) is 11.5 Å². The lowest BCUT2D eigenvalue weighted by Gasteiger charge is -1.98. The molecule has 1 aromatic carbocycles. The van der Waals surface area contributed by atoms with Crippen molar-refractivity contribution in [3.8, 4) is 11.5 Å². The zero-order chi connectivity index (χ0) is 15.4. The van der Waals surface area contributed by atoms with Crippen molar-refractivity contribution in [3.63, 3.8) is 0 Å². The van der Waals surface area contributed by atoms with Crippen LogP contribution in [-0.4, -0.2) is 26.7 Å². The molecule has 0 bridgehead atoms. The summed E-state index contributed by atoms with van der Waals surface area (Å²) in [6.45, 7) is 0. The number of benzene rings is 1. The molecule has 110 valence electrons. The van der Waals surface area contributed by atoms with Crippen molar-refractivity contribution < 1.29 is 9.21 Å². The van der Waals surface area contributed by atoms with Gasteiger partial charge in [0, 0.05) is 17.3 Å². The van der Waals surface area contributed by atoms with E-state index in [-0.39, 0.29) is 11.5 Å². The van der Waals surface area contributed by atoms with Crippen molar-refractivity contribution >= 4 is 23.4 Å². The van der Waals surface area contributed by atoms with Gasteiger partial charge in [0.2, 0.25) is 5.89 Å². The third-order valence-electron chi connectivity index (χ3n) is 2.86. The number of anilines is 1. The first kappa shape index (κ1) is 14.3. The number of carbonyl (C=O) groups is 1. The van der Waals surface area contributed by atoms with Gasteiger partial charge in [0.05, 0.1) is 5.75 Å². The highest BCUT2D eigenvalue weighted by Crippen LogP contribution is 2.24. The van der Waals surface area contributed by atoms with Gasteiger partial charge >= 0.3 is 0 Å². The number of thioether (sulfide) groups is 1. The van der Waals surface area contributed by atoms with Gasteiger partial charge in [-0.25, -0.2) is 4.98 Å². The summed E-state index contributed by atoms with van der Waals surface area (Å²) in [4.78, 5) is 15.9. The van der Waals surface area contributed by atoms with Gasteiger partial charge in [-0.1, -0.05) is 42.1 Å². The smallest absolute Gasteiger partial charge is 0.277 e. The number of carbonyl (C=O) groups excluding carboxylic acids is 1. The highest BCUT2D eigenvalue weighted by molar-refractivity contribution is 7.99. The molecule has 7 heteroatoms. The third kappa shape index (κ3) is 3.32. The van der Waals surface area contributed by atoms with Crippen LogP contribution in [0.3, 0.4) is 0 Å². The fourth-order valence-corrected chi connectivity index (χ4v) is 2.46. The van der Waals surface area contributed by atoms with Crippen LogP contribution in [0, 0.1) is 0 Å². The quantitative estimate of drug-likeness (QED) is 0.571. The summed E-state index contributed by atoms with van der Waals surface area (Å²) in [5.74, 6) is 0.982. The van der Waals surface area contributed by atoms with E-state index in [9.17, 15) is 4.79 Å². The Morgan fingerprint density at radius 3 is 2.77 bits per heavy atom. The number of nitrogen functional groups attached to an aromatic ring is 1. The molecular weight excluding hydrogens is 300 g/mol. The van der Waals surface area contributed by atoms with E-state index in [0.29, 0.717) is 28.1 Å². The SMILES string of the molecule is Nc1cc(-c2nnc(SCC(=O)c3ccccc3)o2)ccn1. The van der Waals surface area contributed by atoms with E-state index in [1.165, 1.54) is 11.8 Å². The van der Waals surface area contributed by atoms with E-state index in [1.54, 1.807) is 30.5 Å². The van der Waals surface area contributed by atoms with Crippen LogP contribution in [-0.2, 0) is 0 Å². The molecule has 0 spiro atoms. The monoisotopic (exact) mass is 312 g/mol. The molecule has 0 saturated heterocycles. The molecule has 0 aliphatic rings. The maximum Gasteiger partial charge on any atom is 0.277 e. The Hall–Kier alpha value is -2.67. The number of hydrogen-bond acceptors (Lipinski definition) is 7. The van der Waals surface area contributed by atoms with Gasteiger partial charge in [0.1, 0.15) is 5.82 Å². The summed E-state index contributed by atoms with van der Waals surface area (Å²) in [6, 6.07) is 12.5. The van der Waals surface area contributed by atoms with Crippen molar-refractivity contribution in [1.29, 1.82) is 0 Å². The molecule has 2 N–H and O–H groups in total. The fourth-order valence-electron chi connectivity index (χ4n) is 1.80. The van der Waals surface area contributed by atoms with E-state index in [1.807, 2.05) is 18.2 Å². The van der Waals surface area contributed by atoms with Gasteiger partial charge in [-0.15, -0.1) is 10.2 Å². The van der Waals surface area contributed by atoms with E-state index in [2.05, 4.69) is 15.2 Å². The zero-order valence-electron chi connectivity index (χ0n) is 11.5. The van der Waals surface area contributed by atoms with E-state index >= 15 is 0 Å². The molecule has 0 amide bonds. The first-order valence-corrected chi connectivity index (χ1v) is 7.47. The first-order chi connectivity index (χ1) is 10.7. The molecule has 0 radical (unpaired) electrons. The van der Waals surface area contributed by atoms with Crippen molar-refractivity contribution in [2.45, 2.75) is 5.22 Å². The molecule has 3 aromatic rings. The Kier molecular flexibility index (Phi) is 4.15. The Bertz CT molecular complexity index is 789. The topological polar surface area (TPSA) is 94.9 Å². The highest BCUT2D eigenvalue weighted by atomic mass is 32.2. The summed E-state index contributed by atoms with van der Waals surface area (Å²) < 4.78 is 5.52. The number of nitrogens with zero attached hydrogens (tertiary/aromatic N) is 3. The second kappa shape index (κ2) is 6.40. The largest absolute Gasteiger partial charge is 0.411 e. The third-order valence-corrected chi connectivity index (χ3v) is 3.68. The zero-order valence-corrected chi connectivity index (χ0v) is 12.3. The molecule has 2 aromatic heterocycles. The minimum atomic E-state index is 0.0125. The van der Waals surface area contributed by atoms with Gasteiger partial charge in [0.25, 0.3) is 5.22 Å². The van der Waals surface area contributed by atoms with Crippen LogP contribution in [0.4, 0.5) is 5.82 Å². The van der Waals surface area contributed by atoms with Gasteiger partial charge in [-0.05, 0) is 12.1 Å². The molecule has 0 fully saturated rings. The molecule has 0 unspecified atom stereocenters. The predicted molar refractivity (Wildman–Crippen MR) is 83.4 cm³/mol. The molecule has 3 rings (SSSR count). The minimum Gasteiger partial charge on any atom is -0.411 e. The molecule has 22 heavy (non-hydrogen) atoms. The average molecular weight is 312 g/mol. The van der Waals surface area contributed by atoms with Gasteiger partial charge in [0.15, 0.2) is 5.78 Å². The van der Waals surface area contributed by atoms with Crippen LogP contribution >= 0.6 is 11.8 Å². The summed E-state index contributed by atoms with van der Waals surface area (Å²) in [5.41, 5.74) is 6.97. The maximum atomic E-state index is 12.0. The van der Waals surface area contributed by atoms with Crippen LogP contribution < -0.4 is 5.73 Å². The second-order valence-corrected chi connectivity index (χ2v) is 5.35. The molecule has 0 aliphatic carbocycles. The number of ketones is 1. The van der Waals surface area contributed by atoms with Crippen molar-refractivity contribution in [1.82, 2.24) is 15.2 Å². The van der Waals surface area contributed by atoms with Crippen molar-refractivity contribution in [3.05, 3.63) is 54.2 Å². The van der Waals surface area contributed by atoms with Crippen LogP contribution in [0.25, 0.3) is 11.5 Å². The van der Waals surface area contributed by atoms with E-state index < -0.39 is 0 Å². The van der Waals surface area contributed by atoms with E-state index in [4.69, 9.17) is 10.2 Å². The number of nitrogens with two attached hydrogens (primary N) is 1. The van der Waals surface area contributed by atoms with E-state index in [0.717, 1.165) is 0 Å². The van der Waals surface area contributed by atoms with Gasteiger partial charge < -0.3 is 10.2 Å². The molecular formula is C15H12N4O2S. The number of aromatic nitrogens is 3. The molecule has 6 nitrogen and oxygen atoms in total. The average Bonchev–Trinajstić information content (AvgIpc) is 3.02. The van der Waals surface area contributed by atoms with Crippen LogP contribution in [0.5, 0.6) is 0 Å². The Balaban J connectivity index is 1.66. The van der Waals surface area contributed by atoms with Crippen molar-refractivity contribution in [2.24, 2.45) is 0 Å². The summed E-state index contributed by atoms with van der Waals surface area (Å²) >= 11 is 1.21. The summed E-state index contributed by atoms with van der Waals surface area (Å²) in [7, 11) is 0. The maximum absolute atomic E-state index is 12.0. The number of pyridine rings is 1. The molecule has 0 atom stereocenters. The summed E-state index contributed by atoms with van der Waals surface area (Å²) in [5, 5.41) is 8.21. The fraction of sp³-hybridized carbons (Fsp3) is 0.0667. The Morgan fingerprint density at radius 2 is 2.00 bits per heavy atom. The molecule has 0 saturated carbocycles. The predicted octanol–water partition coefficient (Wildman–Crippen LogP) is 2.69. The highest BCUT2D eigenvalue weighted by Gasteiger charge is 2.12. The van der Waals surface area contributed by atoms with Crippen LogP contribution in [0.15, 0.2) is 58.3 Å². The lowest BCUT2D eigenvalue weighted by molar-refractivity contribution is 0.102. The minimum absolute atomic E-state index is 0.0125. The Labute approximate surface area is 130 Å². The second-order valence-electron chi connectivity index (χ2n) is 4.42. The molecule has 0 aliphatic heterocycles.